The highest BCUT2D eigenvalue weighted by Gasteiger charge is 2.31. The van der Waals surface area contributed by atoms with Crippen molar-refractivity contribution in [1.29, 1.82) is 0 Å². The summed E-state index contributed by atoms with van der Waals surface area (Å²) in [6.45, 7) is 3.87. The Morgan fingerprint density at radius 1 is 1.13 bits per heavy atom. The third kappa shape index (κ3) is 5.94. The van der Waals surface area contributed by atoms with Crippen LogP contribution in [0.2, 0.25) is 0 Å². The zero-order chi connectivity index (χ0) is 22.2. The van der Waals surface area contributed by atoms with Crippen LogP contribution >= 0.6 is 0 Å². The second-order valence-electron chi connectivity index (χ2n) is 7.00. The SMILES string of the molecule is C=C(C=CC(O)CC(O)C(C(=O)Oc1ccccc1)c1ccccc1)c1nnnn1C. The Balaban J connectivity index is 1.71. The number of benzene rings is 2. The lowest BCUT2D eigenvalue weighted by Gasteiger charge is -2.23. The minimum Gasteiger partial charge on any atom is -0.426 e. The van der Waals surface area contributed by atoms with E-state index in [1.165, 1.54) is 10.8 Å². The van der Waals surface area contributed by atoms with Gasteiger partial charge in [-0.2, -0.15) is 0 Å². The Kier molecular flexibility index (Phi) is 7.42. The van der Waals surface area contributed by atoms with Gasteiger partial charge in [-0.15, -0.1) is 5.10 Å². The van der Waals surface area contributed by atoms with Crippen LogP contribution in [0.15, 0.2) is 79.4 Å². The molecule has 0 radical (unpaired) electrons. The molecular formula is C23H24N4O4. The van der Waals surface area contributed by atoms with Crippen LogP contribution < -0.4 is 4.74 Å². The number of hydrogen-bond donors (Lipinski definition) is 2. The third-order valence-corrected chi connectivity index (χ3v) is 4.67. The summed E-state index contributed by atoms with van der Waals surface area (Å²) >= 11 is 0. The number of allylic oxidation sites excluding steroid dienone is 2. The number of hydrogen-bond acceptors (Lipinski definition) is 7. The molecule has 3 atom stereocenters. The van der Waals surface area contributed by atoms with E-state index in [9.17, 15) is 15.0 Å². The maximum Gasteiger partial charge on any atom is 0.321 e. The highest BCUT2D eigenvalue weighted by molar-refractivity contribution is 5.81. The molecule has 31 heavy (non-hydrogen) atoms. The molecule has 2 N–H and O–H groups in total. The summed E-state index contributed by atoms with van der Waals surface area (Å²) in [4.78, 5) is 12.9. The Labute approximate surface area is 180 Å². The van der Waals surface area contributed by atoms with Crippen molar-refractivity contribution >= 4 is 11.5 Å². The van der Waals surface area contributed by atoms with Gasteiger partial charge < -0.3 is 14.9 Å². The fourth-order valence-corrected chi connectivity index (χ4v) is 3.11. The van der Waals surface area contributed by atoms with E-state index in [1.807, 2.05) is 12.1 Å². The van der Waals surface area contributed by atoms with E-state index in [0.29, 0.717) is 22.7 Å². The van der Waals surface area contributed by atoms with Crippen LogP contribution in [0.25, 0.3) is 5.57 Å². The molecule has 2 aromatic carbocycles. The number of carbonyl (C=O) groups excluding carboxylic acids is 1. The third-order valence-electron chi connectivity index (χ3n) is 4.67. The second kappa shape index (κ2) is 10.4. The van der Waals surface area contributed by atoms with Gasteiger partial charge in [0.05, 0.1) is 12.2 Å². The Morgan fingerprint density at radius 2 is 1.77 bits per heavy atom. The molecule has 8 heteroatoms. The van der Waals surface area contributed by atoms with Crippen molar-refractivity contribution in [3.63, 3.8) is 0 Å². The molecule has 3 unspecified atom stereocenters. The largest absolute Gasteiger partial charge is 0.426 e. The topological polar surface area (TPSA) is 110 Å². The number of aromatic nitrogens is 4. The summed E-state index contributed by atoms with van der Waals surface area (Å²) < 4.78 is 6.91. The summed E-state index contributed by atoms with van der Waals surface area (Å²) in [6, 6.07) is 17.5. The average molecular weight is 420 g/mol. The molecular weight excluding hydrogens is 396 g/mol. The van der Waals surface area contributed by atoms with Crippen LogP contribution in [0.4, 0.5) is 0 Å². The lowest BCUT2D eigenvalue weighted by molar-refractivity contribution is -0.139. The molecule has 1 aromatic heterocycles. The van der Waals surface area contributed by atoms with E-state index < -0.39 is 24.1 Å². The summed E-state index contributed by atoms with van der Waals surface area (Å²) in [5.74, 6) is -0.724. The van der Waals surface area contributed by atoms with Crippen LogP contribution in [-0.2, 0) is 11.8 Å². The van der Waals surface area contributed by atoms with Crippen LogP contribution in [0.1, 0.15) is 23.7 Å². The molecule has 1 heterocycles. The quantitative estimate of drug-likeness (QED) is 0.310. The number of aliphatic hydroxyl groups is 2. The molecule has 0 fully saturated rings. The van der Waals surface area contributed by atoms with Crippen molar-refractivity contribution in [3.8, 4) is 5.75 Å². The number of rotatable bonds is 9. The lowest BCUT2D eigenvalue weighted by atomic mass is 9.90. The number of esters is 1. The van der Waals surface area contributed by atoms with Crippen molar-refractivity contribution in [2.45, 2.75) is 24.5 Å². The molecule has 8 nitrogen and oxygen atoms in total. The van der Waals surface area contributed by atoms with Crippen LogP contribution in [-0.4, -0.2) is 48.6 Å². The predicted octanol–water partition coefficient (Wildman–Crippen LogP) is 2.28. The Hall–Kier alpha value is -3.62. The highest BCUT2D eigenvalue weighted by atomic mass is 16.5. The fraction of sp³-hybridized carbons (Fsp3) is 0.217. The van der Waals surface area contributed by atoms with E-state index in [1.54, 1.807) is 61.7 Å². The first-order valence-corrected chi connectivity index (χ1v) is 9.73. The molecule has 0 saturated heterocycles. The van der Waals surface area contributed by atoms with E-state index in [2.05, 4.69) is 22.1 Å². The maximum absolute atomic E-state index is 12.9. The number of tetrazole rings is 1. The molecule has 160 valence electrons. The summed E-state index contributed by atoms with van der Waals surface area (Å²) in [5, 5.41) is 32.3. The highest BCUT2D eigenvalue weighted by Crippen LogP contribution is 2.26. The van der Waals surface area contributed by atoms with E-state index in [0.717, 1.165) is 0 Å². The van der Waals surface area contributed by atoms with E-state index in [4.69, 9.17) is 4.74 Å². The molecule has 0 amide bonds. The molecule has 0 aliphatic heterocycles. The molecule has 0 aliphatic rings. The molecule has 0 bridgehead atoms. The number of aryl methyl sites for hydroxylation is 1. The van der Waals surface area contributed by atoms with Crippen molar-refractivity contribution in [3.05, 3.63) is 90.8 Å². The molecule has 0 spiro atoms. The lowest BCUT2D eigenvalue weighted by Crippen LogP contribution is -2.32. The predicted molar refractivity (Wildman–Crippen MR) is 115 cm³/mol. The number of ether oxygens (including phenoxy) is 1. The van der Waals surface area contributed by atoms with Crippen molar-refractivity contribution in [1.82, 2.24) is 20.2 Å². The van der Waals surface area contributed by atoms with Gasteiger partial charge >= 0.3 is 5.97 Å². The molecule has 0 aliphatic carbocycles. The van der Waals surface area contributed by atoms with Crippen LogP contribution in [0.3, 0.4) is 0 Å². The van der Waals surface area contributed by atoms with Crippen molar-refractivity contribution in [2.75, 3.05) is 0 Å². The van der Waals surface area contributed by atoms with Gasteiger partial charge in [0.2, 0.25) is 0 Å². The van der Waals surface area contributed by atoms with Gasteiger partial charge in [-0.1, -0.05) is 67.3 Å². The average Bonchev–Trinajstić information content (AvgIpc) is 3.19. The summed E-state index contributed by atoms with van der Waals surface area (Å²) in [6.07, 6.45) is 0.768. The van der Waals surface area contributed by atoms with Gasteiger partial charge in [-0.05, 0) is 28.1 Å². The first-order valence-electron chi connectivity index (χ1n) is 9.73. The van der Waals surface area contributed by atoms with Crippen LogP contribution in [0, 0.1) is 0 Å². The standard InChI is InChI=1S/C23H24N4O4/c1-16(22-24-25-26-27(22)2)13-14-18(28)15-20(29)21(17-9-5-3-6-10-17)23(30)31-19-11-7-4-8-12-19/h3-14,18,20-21,28-29H,1,15H2,2H3. The van der Waals surface area contributed by atoms with Gasteiger partial charge in [0.15, 0.2) is 5.82 Å². The minimum absolute atomic E-state index is 0.0791. The number of nitrogens with zero attached hydrogens (tertiary/aromatic N) is 4. The fourth-order valence-electron chi connectivity index (χ4n) is 3.11. The van der Waals surface area contributed by atoms with E-state index in [-0.39, 0.29) is 6.42 Å². The van der Waals surface area contributed by atoms with Crippen molar-refractivity contribution < 1.29 is 19.7 Å². The Morgan fingerprint density at radius 3 is 2.39 bits per heavy atom. The molecule has 3 rings (SSSR count). The van der Waals surface area contributed by atoms with Gasteiger partial charge in [-0.25, -0.2) is 4.68 Å². The minimum atomic E-state index is -1.18. The van der Waals surface area contributed by atoms with Crippen molar-refractivity contribution in [2.24, 2.45) is 7.05 Å². The van der Waals surface area contributed by atoms with Gasteiger partial charge in [0, 0.05) is 19.0 Å². The summed E-state index contributed by atoms with van der Waals surface area (Å²) in [5.41, 5.74) is 1.10. The van der Waals surface area contributed by atoms with E-state index >= 15 is 0 Å². The Bertz CT molecular complexity index is 1030. The van der Waals surface area contributed by atoms with Crippen LogP contribution in [0.5, 0.6) is 5.75 Å². The smallest absolute Gasteiger partial charge is 0.321 e. The number of aliphatic hydroxyl groups excluding tert-OH is 2. The first kappa shape index (κ1) is 22.1. The maximum atomic E-state index is 12.9. The zero-order valence-electron chi connectivity index (χ0n) is 17.1. The normalized spacial score (nSPS) is 14.2. The van der Waals surface area contributed by atoms with Gasteiger partial charge in [0.25, 0.3) is 0 Å². The van der Waals surface area contributed by atoms with Gasteiger partial charge in [0.1, 0.15) is 11.7 Å². The molecule has 0 saturated carbocycles. The zero-order valence-corrected chi connectivity index (χ0v) is 17.1. The molecule has 3 aromatic rings. The second-order valence-corrected chi connectivity index (χ2v) is 7.00. The number of para-hydroxylation sites is 1. The van der Waals surface area contributed by atoms with Gasteiger partial charge in [-0.3, -0.25) is 4.79 Å². The monoisotopic (exact) mass is 420 g/mol. The first-order chi connectivity index (χ1) is 15.0. The summed E-state index contributed by atoms with van der Waals surface area (Å²) in [7, 11) is 1.68. The number of carbonyl (C=O) groups is 1.